The van der Waals surface area contributed by atoms with Crippen LogP contribution < -0.4 is 5.73 Å². The molecule has 20 heavy (non-hydrogen) atoms. The Morgan fingerprint density at radius 3 is 2.45 bits per heavy atom. The third-order valence-corrected chi connectivity index (χ3v) is 3.69. The summed E-state index contributed by atoms with van der Waals surface area (Å²) < 4.78 is 2.06. The fraction of sp³-hybridized carbons (Fsp3) is 0.438. The predicted octanol–water partition coefficient (Wildman–Crippen LogP) is 2.41. The van der Waals surface area contributed by atoms with Gasteiger partial charge < -0.3 is 10.3 Å². The maximum Gasteiger partial charge on any atom is 0.122 e. The first kappa shape index (κ1) is 14.6. The molecule has 0 fully saturated rings. The van der Waals surface area contributed by atoms with Crippen LogP contribution in [-0.2, 0) is 19.0 Å². The van der Waals surface area contributed by atoms with Crippen LogP contribution in [0.4, 0.5) is 5.69 Å². The summed E-state index contributed by atoms with van der Waals surface area (Å²) in [5.74, 6) is 1.08. The Bertz CT molecular complexity index is 554. The number of anilines is 1. The van der Waals surface area contributed by atoms with E-state index in [1.165, 1.54) is 5.56 Å². The molecule has 0 aliphatic carbocycles. The normalized spacial score (nSPS) is 12.1. The van der Waals surface area contributed by atoms with Gasteiger partial charge in [-0.1, -0.05) is 26.0 Å². The summed E-state index contributed by atoms with van der Waals surface area (Å²) in [7, 11) is 4.16. The summed E-state index contributed by atoms with van der Waals surface area (Å²) in [6, 6.07) is 8.17. The van der Waals surface area contributed by atoms with E-state index >= 15 is 0 Å². The standard InChI is InChI=1S/C16H24N4/c1-16(2,13-5-7-14(17)8-6-13)12-19(3)11-15-18-9-10-20(15)4/h5-10H,11-12,17H2,1-4H3. The number of nitrogens with two attached hydrogens (primary N) is 1. The van der Waals surface area contributed by atoms with Crippen molar-refractivity contribution in [1.29, 1.82) is 0 Å². The van der Waals surface area contributed by atoms with E-state index in [-0.39, 0.29) is 5.41 Å². The average Bonchev–Trinajstić information content (AvgIpc) is 2.74. The van der Waals surface area contributed by atoms with Gasteiger partial charge in [0.05, 0.1) is 6.54 Å². The molecule has 0 saturated heterocycles. The molecule has 1 heterocycles. The van der Waals surface area contributed by atoms with Crippen LogP contribution in [-0.4, -0.2) is 28.0 Å². The highest BCUT2D eigenvalue weighted by Gasteiger charge is 2.23. The highest BCUT2D eigenvalue weighted by molar-refractivity contribution is 5.41. The lowest BCUT2D eigenvalue weighted by atomic mass is 9.84. The van der Waals surface area contributed by atoms with Crippen molar-refractivity contribution in [3.63, 3.8) is 0 Å². The monoisotopic (exact) mass is 272 g/mol. The number of hydrogen-bond donors (Lipinski definition) is 1. The minimum absolute atomic E-state index is 0.0770. The third kappa shape index (κ3) is 3.39. The first-order valence-corrected chi connectivity index (χ1v) is 6.89. The van der Waals surface area contributed by atoms with Gasteiger partial charge in [0.2, 0.25) is 0 Å². The molecule has 1 aromatic heterocycles. The van der Waals surface area contributed by atoms with E-state index in [0.29, 0.717) is 0 Å². The molecule has 1 aromatic carbocycles. The van der Waals surface area contributed by atoms with Crippen molar-refractivity contribution < 1.29 is 0 Å². The number of nitrogen functional groups attached to an aromatic ring is 1. The Labute approximate surface area is 121 Å². The Morgan fingerprint density at radius 2 is 1.90 bits per heavy atom. The number of imidazole rings is 1. The van der Waals surface area contributed by atoms with Crippen LogP contribution in [0.25, 0.3) is 0 Å². The molecule has 0 bridgehead atoms. The largest absolute Gasteiger partial charge is 0.399 e. The summed E-state index contributed by atoms with van der Waals surface area (Å²) in [4.78, 5) is 6.68. The molecule has 0 unspecified atom stereocenters. The molecule has 0 amide bonds. The van der Waals surface area contributed by atoms with Crippen molar-refractivity contribution in [2.75, 3.05) is 19.3 Å². The molecular weight excluding hydrogens is 248 g/mol. The number of hydrogen-bond acceptors (Lipinski definition) is 3. The summed E-state index contributed by atoms with van der Waals surface area (Å²) >= 11 is 0. The minimum Gasteiger partial charge on any atom is -0.399 e. The van der Waals surface area contributed by atoms with Crippen LogP contribution in [0.1, 0.15) is 25.2 Å². The van der Waals surface area contributed by atoms with Gasteiger partial charge in [-0.2, -0.15) is 0 Å². The Balaban J connectivity index is 2.04. The zero-order chi connectivity index (χ0) is 14.8. The van der Waals surface area contributed by atoms with Crippen molar-refractivity contribution in [3.05, 3.63) is 48.0 Å². The first-order chi connectivity index (χ1) is 9.38. The lowest BCUT2D eigenvalue weighted by Crippen LogP contribution is -2.34. The summed E-state index contributed by atoms with van der Waals surface area (Å²) in [5, 5.41) is 0. The van der Waals surface area contributed by atoms with E-state index in [1.807, 2.05) is 31.6 Å². The van der Waals surface area contributed by atoms with Crippen LogP contribution in [0, 0.1) is 0 Å². The summed E-state index contributed by atoms with van der Waals surface area (Å²) in [6.07, 6.45) is 3.82. The lowest BCUT2D eigenvalue weighted by molar-refractivity contribution is 0.253. The van der Waals surface area contributed by atoms with Gasteiger partial charge in [-0.05, 0) is 24.7 Å². The maximum absolute atomic E-state index is 5.76. The van der Waals surface area contributed by atoms with E-state index in [1.54, 1.807) is 0 Å². The quantitative estimate of drug-likeness (QED) is 0.850. The van der Waals surface area contributed by atoms with Gasteiger partial charge in [0.15, 0.2) is 0 Å². The predicted molar refractivity (Wildman–Crippen MR) is 83.4 cm³/mol. The Kier molecular flexibility index (Phi) is 4.14. The van der Waals surface area contributed by atoms with Gasteiger partial charge in [0.1, 0.15) is 5.82 Å². The minimum atomic E-state index is 0.0770. The SMILES string of the molecule is CN(Cc1nccn1C)CC(C)(C)c1ccc(N)cc1. The third-order valence-electron chi connectivity index (χ3n) is 3.69. The number of likely N-dealkylation sites (N-methyl/N-ethyl adjacent to an activating group) is 1. The second-order valence-corrected chi connectivity index (χ2v) is 6.13. The molecule has 2 N–H and O–H groups in total. The van der Waals surface area contributed by atoms with E-state index in [2.05, 4.69) is 47.5 Å². The molecular formula is C16H24N4. The maximum atomic E-state index is 5.76. The van der Waals surface area contributed by atoms with Gasteiger partial charge in [0, 0.05) is 37.1 Å². The van der Waals surface area contributed by atoms with E-state index in [0.717, 1.165) is 24.6 Å². The number of nitrogens with zero attached hydrogens (tertiary/aromatic N) is 3. The molecule has 0 spiro atoms. The van der Waals surface area contributed by atoms with Crippen LogP contribution in [0.2, 0.25) is 0 Å². The Morgan fingerprint density at radius 1 is 1.25 bits per heavy atom. The van der Waals surface area contributed by atoms with Crippen LogP contribution in [0.15, 0.2) is 36.7 Å². The molecule has 0 aliphatic rings. The van der Waals surface area contributed by atoms with Gasteiger partial charge >= 0.3 is 0 Å². The molecule has 0 radical (unpaired) electrons. The average molecular weight is 272 g/mol. The van der Waals surface area contributed by atoms with Crippen molar-refractivity contribution in [1.82, 2.24) is 14.5 Å². The van der Waals surface area contributed by atoms with Gasteiger partial charge in [-0.15, -0.1) is 0 Å². The number of aryl methyl sites for hydroxylation is 1. The number of rotatable bonds is 5. The van der Waals surface area contributed by atoms with E-state index in [9.17, 15) is 0 Å². The molecule has 0 saturated carbocycles. The second-order valence-electron chi connectivity index (χ2n) is 6.13. The molecule has 2 aromatic rings. The van der Waals surface area contributed by atoms with Crippen molar-refractivity contribution in [3.8, 4) is 0 Å². The number of benzene rings is 1. The van der Waals surface area contributed by atoms with Crippen molar-refractivity contribution in [2.45, 2.75) is 25.8 Å². The Hall–Kier alpha value is -1.81. The van der Waals surface area contributed by atoms with E-state index in [4.69, 9.17) is 5.73 Å². The zero-order valence-corrected chi connectivity index (χ0v) is 12.8. The summed E-state index contributed by atoms with van der Waals surface area (Å²) in [6.45, 7) is 6.33. The van der Waals surface area contributed by atoms with Gasteiger partial charge in [-0.3, -0.25) is 4.90 Å². The molecule has 0 aliphatic heterocycles. The molecule has 0 atom stereocenters. The lowest BCUT2D eigenvalue weighted by Gasteiger charge is -2.30. The molecule has 4 heteroatoms. The molecule has 108 valence electrons. The molecule has 2 rings (SSSR count). The number of aromatic nitrogens is 2. The fourth-order valence-electron chi connectivity index (χ4n) is 2.55. The highest BCUT2D eigenvalue weighted by Crippen LogP contribution is 2.25. The van der Waals surface area contributed by atoms with Crippen LogP contribution in [0.5, 0.6) is 0 Å². The zero-order valence-electron chi connectivity index (χ0n) is 12.8. The van der Waals surface area contributed by atoms with Crippen LogP contribution >= 0.6 is 0 Å². The smallest absolute Gasteiger partial charge is 0.122 e. The summed E-state index contributed by atoms with van der Waals surface area (Å²) in [5.41, 5.74) is 7.95. The van der Waals surface area contributed by atoms with Crippen LogP contribution in [0.3, 0.4) is 0 Å². The first-order valence-electron chi connectivity index (χ1n) is 6.89. The van der Waals surface area contributed by atoms with Gasteiger partial charge in [-0.25, -0.2) is 4.98 Å². The van der Waals surface area contributed by atoms with Crippen molar-refractivity contribution >= 4 is 5.69 Å². The fourth-order valence-corrected chi connectivity index (χ4v) is 2.55. The van der Waals surface area contributed by atoms with Gasteiger partial charge in [0.25, 0.3) is 0 Å². The van der Waals surface area contributed by atoms with Crippen molar-refractivity contribution in [2.24, 2.45) is 7.05 Å². The molecule has 4 nitrogen and oxygen atoms in total. The highest BCUT2D eigenvalue weighted by atomic mass is 15.2. The topological polar surface area (TPSA) is 47.1 Å². The van der Waals surface area contributed by atoms with E-state index < -0.39 is 0 Å². The second kappa shape index (κ2) is 5.67.